The highest BCUT2D eigenvalue weighted by atomic mass is 16.4. The molecule has 1 aromatic rings. The molecule has 2 N–H and O–H groups in total. The molecule has 5 nitrogen and oxygen atoms in total. The van der Waals surface area contributed by atoms with Crippen molar-refractivity contribution in [3.05, 3.63) is 23.8 Å². The van der Waals surface area contributed by atoms with E-state index in [0.717, 1.165) is 18.5 Å². The zero-order chi connectivity index (χ0) is 11.5. The highest BCUT2D eigenvalue weighted by Crippen LogP contribution is 2.32. The molecule has 16 heavy (non-hydrogen) atoms. The molecule has 1 fully saturated rings. The largest absolute Gasteiger partial charge is 0.480 e. The summed E-state index contributed by atoms with van der Waals surface area (Å²) in [6.45, 7) is 2.30. The molecule has 0 bridgehead atoms. The Morgan fingerprint density at radius 3 is 3.00 bits per heavy atom. The van der Waals surface area contributed by atoms with Gasteiger partial charge in [0.05, 0.1) is 5.69 Å². The molecular formula is C11H15N3O2. The molecule has 2 rings (SSSR count). The Balaban J connectivity index is 1.92. The van der Waals surface area contributed by atoms with Gasteiger partial charge in [-0.3, -0.25) is 10.1 Å². The van der Waals surface area contributed by atoms with Gasteiger partial charge in [-0.1, -0.05) is 0 Å². The summed E-state index contributed by atoms with van der Waals surface area (Å²) in [6, 6.07) is 1.36. The van der Waals surface area contributed by atoms with Crippen molar-refractivity contribution in [2.45, 2.75) is 32.4 Å². The molecule has 1 heterocycles. The smallest absolute Gasteiger partial charge is 0.320 e. The zero-order valence-corrected chi connectivity index (χ0v) is 9.18. The Labute approximate surface area is 93.9 Å². The number of carboxylic acid groups (broad SMARTS) is 1. The molecule has 1 atom stereocenters. The first-order chi connectivity index (χ1) is 7.66. The summed E-state index contributed by atoms with van der Waals surface area (Å²) in [5.41, 5.74) is 0.833. The van der Waals surface area contributed by atoms with Crippen LogP contribution in [-0.4, -0.2) is 27.1 Å². The highest BCUT2D eigenvalue weighted by molar-refractivity contribution is 5.74. The van der Waals surface area contributed by atoms with Gasteiger partial charge in [0, 0.05) is 12.7 Å². The van der Waals surface area contributed by atoms with E-state index in [2.05, 4.69) is 15.3 Å². The van der Waals surface area contributed by atoms with Crippen LogP contribution in [0.4, 0.5) is 0 Å². The third kappa shape index (κ3) is 2.76. The van der Waals surface area contributed by atoms with Gasteiger partial charge in [0.2, 0.25) is 0 Å². The van der Waals surface area contributed by atoms with Gasteiger partial charge >= 0.3 is 5.97 Å². The maximum Gasteiger partial charge on any atom is 0.320 e. The number of aliphatic carboxylic acids is 1. The number of aryl methyl sites for hydroxylation is 1. The van der Waals surface area contributed by atoms with E-state index in [9.17, 15) is 4.79 Å². The normalized spacial score (nSPS) is 17.1. The maximum atomic E-state index is 11.0. The number of aromatic nitrogens is 2. The summed E-state index contributed by atoms with van der Waals surface area (Å²) in [5, 5.41) is 12.1. The summed E-state index contributed by atoms with van der Waals surface area (Å²) >= 11 is 0. The summed E-state index contributed by atoms with van der Waals surface area (Å²) < 4.78 is 0. The fourth-order valence-electron chi connectivity index (χ4n) is 1.70. The summed E-state index contributed by atoms with van der Waals surface area (Å²) in [4.78, 5) is 19.2. The molecule has 1 unspecified atom stereocenters. The van der Waals surface area contributed by atoms with Gasteiger partial charge in [-0.05, 0) is 31.7 Å². The number of carboxylic acids is 1. The van der Waals surface area contributed by atoms with Crippen LogP contribution < -0.4 is 5.32 Å². The Bertz CT molecular complexity index is 391. The van der Waals surface area contributed by atoms with Gasteiger partial charge < -0.3 is 5.11 Å². The second kappa shape index (κ2) is 4.57. The lowest BCUT2D eigenvalue weighted by Gasteiger charge is -2.12. The molecule has 0 aromatic carbocycles. The first-order valence-electron chi connectivity index (χ1n) is 5.41. The Kier molecular flexibility index (Phi) is 3.14. The van der Waals surface area contributed by atoms with E-state index in [1.54, 1.807) is 12.3 Å². The molecule has 1 aliphatic rings. The van der Waals surface area contributed by atoms with Crippen LogP contribution in [0.5, 0.6) is 0 Å². The Morgan fingerprint density at radius 2 is 2.44 bits per heavy atom. The topological polar surface area (TPSA) is 75.1 Å². The monoisotopic (exact) mass is 221 g/mol. The lowest BCUT2D eigenvalue weighted by Crippen LogP contribution is -2.38. The van der Waals surface area contributed by atoms with E-state index in [1.807, 2.05) is 6.92 Å². The standard InChI is InChI=1S/C11H15N3O2/c1-7-12-5-4-9(14-7)6-13-10(11(15)16)8-2-3-8/h4-5,8,10,13H,2-3,6H2,1H3,(H,15,16). The van der Waals surface area contributed by atoms with Gasteiger partial charge in [0.1, 0.15) is 11.9 Å². The number of nitrogens with one attached hydrogen (secondary N) is 1. The molecule has 86 valence electrons. The lowest BCUT2D eigenvalue weighted by atomic mass is 10.2. The number of nitrogens with zero attached hydrogens (tertiary/aromatic N) is 2. The molecule has 1 aliphatic carbocycles. The average molecular weight is 221 g/mol. The van der Waals surface area contributed by atoms with Crippen LogP contribution in [0.15, 0.2) is 12.3 Å². The van der Waals surface area contributed by atoms with Crippen molar-refractivity contribution in [2.75, 3.05) is 0 Å². The van der Waals surface area contributed by atoms with Crippen molar-refractivity contribution in [1.29, 1.82) is 0 Å². The quantitative estimate of drug-likeness (QED) is 0.767. The van der Waals surface area contributed by atoms with Crippen LogP contribution in [-0.2, 0) is 11.3 Å². The van der Waals surface area contributed by atoms with E-state index in [1.165, 1.54) is 0 Å². The van der Waals surface area contributed by atoms with Crippen molar-refractivity contribution in [1.82, 2.24) is 15.3 Å². The third-order valence-corrected chi connectivity index (χ3v) is 2.70. The highest BCUT2D eigenvalue weighted by Gasteiger charge is 2.35. The van der Waals surface area contributed by atoms with Crippen LogP contribution in [0.1, 0.15) is 24.4 Å². The molecule has 0 radical (unpaired) electrons. The van der Waals surface area contributed by atoms with E-state index in [-0.39, 0.29) is 0 Å². The second-order valence-electron chi connectivity index (χ2n) is 4.13. The minimum Gasteiger partial charge on any atom is -0.480 e. The predicted octanol–water partition coefficient (Wildman–Crippen LogP) is 0.738. The minimum absolute atomic E-state index is 0.292. The van der Waals surface area contributed by atoms with Crippen LogP contribution in [0.25, 0.3) is 0 Å². The second-order valence-corrected chi connectivity index (χ2v) is 4.13. The first-order valence-corrected chi connectivity index (χ1v) is 5.41. The fraction of sp³-hybridized carbons (Fsp3) is 0.545. The summed E-state index contributed by atoms with van der Waals surface area (Å²) in [7, 11) is 0. The zero-order valence-electron chi connectivity index (χ0n) is 9.18. The molecule has 1 saturated carbocycles. The predicted molar refractivity (Wildman–Crippen MR) is 57.8 cm³/mol. The Morgan fingerprint density at radius 1 is 1.69 bits per heavy atom. The number of carbonyl (C=O) groups is 1. The van der Waals surface area contributed by atoms with Gasteiger partial charge in [-0.25, -0.2) is 9.97 Å². The van der Waals surface area contributed by atoms with Gasteiger partial charge in [-0.15, -0.1) is 0 Å². The van der Waals surface area contributed by atoms with Crippen molar-refractivity contribution in [3.8, 4) is 0 Å². The van der Waals surface area contributed by atoms with Crippen molar-refractivity contribution < 1.29 is 9.90 Å². The molecule has 0 saturated heterocycles. The SMILES string of the molecule is Cc1nccc(CNC(C(=O)O)C2CC2)n1. The van der Waals surface area contributed by atoms with Gasteiger partial charge in [0.25, 0.3) is 0 Å². The van der Waals surface area contributed by atoms with E-state index >= 15 is 0 Å². The number of hydrogen-bond donors (Lipinski definition) is 2. The fourth-order valence-corrected chi connectivity index (χ4v) is 1.70. The lowest BCUT2D eigenvalue weighted by molar-refractivity contribution is -0.140. The van der Waals surface area contributed by atoms with Crippen molar-refractivity contribution in [3.63, 3.8) is 0 Å². The molecule has 5 heteroatoms. The van der Waals surface area contributed by atoms with Crippen LogP contribution in [0.3, 0.4) is 0 Å². The van der Waals surface area contributed by atoms with E-state index in [4.69, 9.17) is 5.11 Å². The molecular weight excluding hydrogens is 206 g/mol. The maximum absolute atomic E-state index is 11.0. The van der Waals surface area contributed by atoms with Gasteiger partial charge in [-0.2, -0.15) is 0 Å². The number of hydrogen-bond acceptors (Lipinski definition) is 4. The van der Waals surface area contributed by atoms with Crippen molar-refractivity contribution >= 4 is 5.97 Å². The molecule has 1 aromatic heterocycles. The summed E-state index contributed by atoms with van der Waals surface area (Å²) in [5.74, 6) is 0.228. The van der Waals surface area contributed by atoms with Crippen LogP contribution in [0, 0.1) is 12.8 Å². The van der Waals surface area contributed by atoms with E-state index in [0.29, 0.717) is 18.3 Å². The van der Waals surface area contributed by atoms with Crippen LogP contribution >= 0.6 is 0 Å². The van der Waals surface area contributed by atoms with Gasteiger partial charge in [0.15, 0.2) is 0 Å². The molecule has 0 amide bonds. The van der Waals surface area contributed by atoms with Crippen LogP contribution in [0.2, 0.25) is 0 Å². The first kappa shape index (κ1) is 11.0. The van der Waals surface area contributed by atoms with Crippen molar-refractivity contribution in [2.24, 2.45) is 5.92 Å². The molecule has 0 aliphatic heterocycles. The summed E-state index contributed by atoms with van der Waals surface area (Å²) in [6.07, 6.45) is 3.70. The minimum atomic E-state index is -0.770. The molecule has 0 spiro atoms. The Hall–Kier alpha value is -1.49. The average Bonchev–Trinajstić information content (AvgIpc) is 3.02. The third-order valence-electron chi connectivity index (χ3n) is 2.70. The van der Waals surface area contributed by atoms with E-state index < -0.39 is 12.0 Å². The number of rotatable bonds is 5.